The number of allylic oxidation sites excluding steroid dienone is 1. The summed E-state index contributed by atoms with van der Waals surface area (Å²) in [6.45, 7) is 6.26. The zero-order valence-corrected chi connectivity index (χ0v) is 17.6. The summed E-state index contributed by atoms with van der Waals surface area (Å²) in [5.41, 5.74) is 3.30. The van der Waals surface area contributed by atoms with E-state index in [0.717, 1.165) is 11.1 Å². The molecule has 1 saturated heterocycles. The highest BCUT2D eigenvalue weighted by atomic mass is 16.6. The maximum atomic E-state index is 12.8. The van der Waals surface area contributed by atoms with Gasteiger partial charge in [0.15, 0.2) is 5.75 Å². The molecule has 31 heavy (non-hydrogen) atoms. The zero-order chi connectivity index (χ0) is 21.7. The van der Waals surface area contributed by atoms with Crippen LogP contribution in [0.15, 0.2) is 78.2 Å². The van der Waals surface area contributed by atoms with E-state index in [1.165, 1.54) is 0 Å². The number of epoxide rings is 1. The molecule has 0 spiro atoms. The van der Waals surface area contributed by atoms with Crippen LogP contribution >= 0.6 is 0 Å². The minimum absolute atomic E-state index is 0.138. The van der Waals surface area contributed by atoms with Gasteiger partial charge >= 0.3 is 0 Å². The Morgan fingerprint density at radius 1 is 1.10 bits per heavy atom. The summed E-state index contributed by atoms with van der Waals surface area (Å²) in [6, 6.07) is 20.4. The molecule has 2 aliphatic rings. The minimum Gasteiger partial charge on any atom is -0.503 e. The second-order valence-corrected chi connectivity index (χ2v) is 8.24. The van der Waals surface area contributed by atoms with Gasteiger partial charge in [-0.15, -0.1) is 0 Å². The lowest BCUT2D eigenvalue weighted by molar-refractivity contribution is 0.187. The first-order valence-corrected chi connectivity index (χ1v) is 10.3. The highest BCUT2D eigenvalue weighted by molar-refractivity contribution is 5.62. The number of ether oxygens (including phenoxy) is 1. The van der Waals surface area contributed by atoms with Crippen LogP contribution in [0, 0.1) is 0 Å². The molecule has 2 aromatic carbocycles. The Kier molecular flexibility index (Phi) is 4.68. The van der Waals surface area contributed by atoms with Crippen LogP contribution in [0.4, 0.5) is 0 Å². The Morgan fingerprint density at radius 3 is 2.23 bits per heavy atom. The molecule has 3 heterocycles. The van der Waals surface area contributed by atoms with Crippen molar-refractivity contribution in [3.63, 3.8) is 0 Å². The standard InChI is InChI=1S/C25H25N3O3/c1-16(2)19-14-27-21(23(30)22(19)29)24-25(31-24)26(3)15-28(27)20(17-10-6-4-7-11-17)18-12-8-5-9-13-18/h4-14,20,24-25,30H,1,15H2,2-3H3. The van der Waals surface area contributed by atoms with Gasteiger partial charge in [0.05, 0.1) is 12.7 Å². The highest BCUT2D eigenvalue weighted by Gasteiger charge is 2.51. The lowest BCUT2D eigenvalue weighted by atomic mass is 9.98. The summed E-state index contributed by atoms with van der Waals surface area (Å²) >= 11 is 0. The van der Waals surface area contributed by atoms with Crippen molar-refractivity contribution in [2.75, 3.05) is 18.7 Å². The number of rotatable bonds is 4. The van der Waals surface area contributed by atoms with E-state index < -0.39 is 5.43 Å². The molecular formula is C25H25N3O3. The van der Waals surface area contributed by atoms with Gasteiger partial charge in [-0.25, -0.2) is 0 Å². The molecule has 2 unspecified atom stereocenters. The van der Waals surface area contributed by atoms with Gasteiger partial charge in [-0.3, -0.25) is 19.4 Å². The lowest BCUT2D eigenvalue weighted by Crippen LogP contribution is -2.46. The van der Waals surface area contributed by atoms with Gasteiger partial charge in [-0.2, -0.15) is 0 Å². The Morgan fingerprint density at radius 2 is 1.68 bits per heavy atom. The Labute approximate surface area is 181 Å². The SMILES string of the molecule is C=C(C)c1cn2c(c(O)c1=O)C1OC1N(C)CN2C(c1ccccc1)c1ccccc1. The molecule has 1 fully saturated rings. The number of benzene rings is 2. The van der Waals surface area contributed by atoms with Gasteiger partial charge in [0.2, 0.25) is 5.43 Å². The number of fused-ring (bicyclic) bond motifs is 3. The van der Waals surface area contributed by atoms with E-state index in [-0.39, 0.29) is 24.1 Å². The summed E-state index contributed by atoms with van der Waals surface area (Å²) < 4.78 is 7.73. The largest absolute Gasteiger partial charge is 0.503 e. The molecule has 5 rings (SSSR count). The molecule has 3 aromatic rings. The molecule has 1 N–H and O–H groups in total. The van der Waals surface area contributed by atoms with Gasteiger partial charge < -0.3 is 9.84 Å². The van der Waals surface area contributed by atoms with Crippen molar-refractivity contribution in [2.24, 2.45) is 0 Å². The first-order valence-electron chi connectivity index (χ1n) is 10.3. The normalized spacial score (nSPS) is 20.2. The van der Waals surface area contributed by atoms with E-state index in [1.54, 1.807) is 13.1 Å². The second kappa shape index (κ2) is 7.41. The third-order valence-corrected chi connectivity index (χ3v) is 6.01. The highest BCUT2D eigenvalue weighted by Crippen LogP contribution is 2.46. The molecule has 0 aliphatic carbocycles. The van der Waals surface area contributed by atoms with Crippen LogP contribution in [0.2, 0.25) is 0 Å². The summed E-state index contributed by atoms with van der Waals surface area (Å²) in [5, 5.41) is 13.1. The van der Waals surface area contributed by atoms with Crippen molar-refractivity contribution in [2.45, 2.75) is 25.3 Å². The summed E-state index contributed by atoms with van der Waals surface area (Å²) in [4.78, 5) is 14.9. The average Bonchev–Trinajstić information content (AvgIpc) is 3.57. The Bertz CT molecular complexity index is 1150. The first-order chi connectivity index (χ1) is 15.0. The van der Waals surface area contributed by atoms with E-state index >= 15 is 0 Å². The molecule has 2 aliphatic heterocycles. The van der Waals surface area contributed by atoms with Crippen LogP contribution in [0.1, 0.15) is 41.5 Å². The van der Waals surface area contributed by atoms with E-state index in [0.29, 0.717) is 23.5 Å². The quantitative estimate of drug-likeness (QED) is 0.660. The van der Waals surface area contributed by atoms with E-state index in [9.17, 15) is 9.90 Å². The van der Waals surface area contributed by atoms with Crippen molar-refractivity contribution in [3.05, 3.63) is 106 Å². The van der Waals surface area contributed by atoms with Gasteiger partial charge in [0.1, 0.15) is 18.0 Å². The Hall–Kier alpha value is -3.35. The molecule has 1 aromatic heterocycles. The third-order valence-electron chi connectivity index (χ3n) is 6.01. The summed E-state index contributed by atoms with van der Waals surface area (Å²) in [6.07, 6.45) is 1.26. The smallest absolute Gasteiger partial charge is 0.231 e. The predicted molar refractivity (Wildman–Crippen MR) is 120 cm³/mol. The zero-order valence-electron chi connectivity index (χ0n) is 17.6. The molecule has 6 nitrogen and oxygen atoms in total. The van der Waals surface area contributed by atoms with E-state index in [2.05, 4.69) is 40.8 Å². The second-order valence-electron chi connectivity index (χ2n) is 8.24. The number of pyridine rings is 1. The molecule has 0 radical (unpaired) electrons. The number of aromatic hydroxyl groups is 1. The van der Waals surface area contributed by atoms with Crippen LogP contribution in [0.25, 0.3) is 5.57 Å². The molecule has 0 saturated carbocycles. The van der Waals surface area contributed by atoms with Crippen LogP contribution in [-0.4, -0.2) is 34.6 Å². The monoisotopic (exact) mass is 415 g/mol. The maximum Gasteiger partial charge on any atom is 0.231 e. The van der Waals surface area contributed by atoms with Crippen LogP contribution in [0.5, 0.6) is 5.75 Å². The molecule has 0 bridgehead atoms. The molecule has 0 amide bonds. The van der Waals surface area contributed by atoms with Crippen molar-refractivity contribution in [3.8, 4) is 5.75 Å². The number of hydrogen-bond acceptors (Lipinski definition) is 5. The Balaban J connectivity index is 1.77. The third kappa shape index (κ3) is 3.24. The van der Waals surface area contributed by atoms with Crippen LogP contribution in [-0.2, 0) is 4.74 Å². The molecule has 6 heteroatoms. The van der Waals surface area contributed by atoms with Crippen LogP contribution < -0.4 is 10.4 Å². The number of nitrogens with zero attached hydrogens (tertiary/aromatic N) is 3. The summed E-state index contributed by atoms with van der Waals surface area (Å²) in [5.74, 6) is -0.270. The number of aromatic nitrogens is 1. The molecule has 2 atom stereocenters. The number of likely N-dealkylation sites (N-methyl/N-ethyl adjacent to an activating group) is 1. The molecule has 158 valence electrons. The lowest BCUT2D eigenvalue weighted by Gasteiger charge is -2.38. The topological polar surface area (TPSA) is 61.2 Å². The first kappa shape index (κ1) is 19.6. The van der Waals surface area contributed by atoms with Gasteiger partial charge in [-0.05, 0) is 30.7 Å². The minimum atomic E-state index is -0.409. The van der Waals surface area contributed by atoms with Crippen molar-refractivity contribution in [1.82, 2.24) is 9.58 Å². The molecular weight excluding hydrogens is 390 g/mol. The number of hydrogen-bond donors (Lipinski definition) is 1. The van der Waals surface area contributed by atoms with E-state index in [4.69, 9.17) is 4.74 Å². The maximum absolute atomic E-state index is 12.8. The fraction of sp³-hybridized carbons (Fsp3) is 0.240. The van der Waals surface area contributed by atoms with Gasteiger partial charge in [0, 0.05) is 11.8 Å². The fourth-order valence-electron chi connectivity index (χ4n) is 4.41. The van der Waals surface area contributed by atoms with Gasteiger partial charge in [-0.1, -0.05) is 67.2 Å². The fourth-order valence-corrected chi connectivity index (χ4v) is 4.41. The summed E-state index contributed by atoms with van der Waals surface area (Å²) in [7, 11) is 1.99. The predicted octanol–water partition coefficient (Wildman–Crippen LogP) is 3.61. The average molecular weight is 415 g/mol. The van der Waals surface area contributed by atoms with Crippen molar-refractivity contribution in [1.29, 1.82) is 0 Å². The van der Waals surface area contributed by atoms with Crippen molar-refractivity contribution >= 4 is 5.57 Å². The van der Waals surface area contributed by atoms with E-state index in [1.807, 2.05) is 48.1 Å². The van der Waals surface area contributed by atoms with Crippen molar-refractivity contribution < 1.29 is 9.84 Å². The van der Waals surface area contributed by atoms with Gasteiger partial charge in [0.25, 0.3) is 0 Å². The van der Waals surface area contributed by atoms with Crippen LogP contribution in [0.3, 0.4) is 0 Å².